The smallest absolute Gasteiger partial charge is 0.407 e. The fraction of sp³-hybridized carbons (Fsp3) is 0.667. The fourth-order valence-corrected chi connectivity index (χ4v) is 2.36. The van der Waals surface area contributed by atoms with Crippen LogP contribution in [0.15, 0.2) is 6.20 Å². The lowest BCUT2D eigenvalue weighted by Crippen LogP contribution is -2.45. The number of amides is 2. The SMILES string of the molecule is CCC[C@@H](CC)N(Cc1ncc(C)[nH]1)C(=O)CNC(=O)OC. The molecule has 124 valence electrons. The molecule has 0 bridgehead atoms. The molecule has 0 aliphatic carbocycles. The summed E-state index contributed by atoms with van der Waals surface area (Å²) < 4.78 is 4.50. The Morgan fingerprint density at radius 2 is 2.18 bits per heavy atom. The number of methoxy groups -OCH3 is 1. The number of aromatic nitrogens is 2. The summed E-state index contributed by atoms with van der Waals surface area (Å²) in [5, 5.41) is 2.44. The molecular weight excluding hydrogens is 284 g/mol. The van der Waals surface area contributed by atoms with Gasteiger partial charge in [-0.1, -0.05) is 20.3 Å². The van der Waals surface area contributed by atoms with Crippen LogP contribution in [-0.4, -0.2) is 46.6 Å². The summed E-state index contributed by atoms with van der Waals surface area (Å²) in [6, 6.07) is 0.127. The Balaban J connectivity index is 2.79. The van der Waals surface area contributed by atoms with E-state index in [-0.39, 0.29) is 18.5 Å². The quantitative estimate of drug-likeness (QED) is 0.768. The standard InChI is InChI=1S/C15H26N4O3/c1-5-7-12(6-2)19(10-13-16-8-11(3)18-13)14(20)9-17-15(21)22-4/h8,12H,5-7,9-10H2,1-4H3,(H,16,18)(H,17,21)/t12-/m1/s1. The number of aryl methyl sites for hydroxylation is 1. The lowest BCUT2D eigenvalue weighted by molar-refractivity contribution is -0.133. The number of imidazole rings is 1. The van der Waals surface area contributed by atoms with E-state index in [1.807, 2.05) is 6.92 Å². The second-order valence-electron chi connectivity index (χ2n) is 5.23. The summed E-state index contributed by atoms with van der Waals surface area (Å²) in [7, 11) is 1.27. The van der Waals surface area contributed by atoms with Crippen molar-refractivity contribution >= 4 is 12.0 Å². The Morgan fingerprint density at radius 3 is 2.68 bits per heavy atom. The molecule has 1 heterocycles. The van der Waals surface area contributed by atoms with E-state index in [2.05, 4.69) is 33.9 Å². The molecule has 0 fully saturated rings. The van der Waals surface area contributed by atoms with Gasteiger partial charge < -0.3 is 19.9 Å². The molecule has 0 unspecified atom stereocenters. The molecule has 0 radical (unpaired) electrons. The molecule has 7 heteroatoms. The summed E-state index contributed by atoms with van der Waals surface area (Å²) in [5.41, 5.74) is 0.957. The minimum absolute atomic E-state index is 0.0768. The zero-order valence-electron chi connectivity index (χ0n) is 13.8. The van der Waals surface area contributed by atoms with Crippen molar-refractivity contribution < 1.29 is 14.3 Å². The highest BCUT2D eigenvalue weighted by Crippen LogP contribution is 2.14. The lowest BCUT2D eigenvalue weighted by atomic mass is 10.1. The van der Waals surface area contributed by atoms with E-state index in [1.165, 1.54) is 7.11 Å². The molecule has 22 heavy (non-hydrogen) atoms. The number of hydrogen-bond acceptors (Lipinski definition) is 4. The monoisotopic (exact) mass is 310 g/mol. The summed E-state index contributed by atoms with van der Waals surface area (Å²) >= 11 is 0. The maximum Gasteiger partial charge on any atom is 0.407 e. The molecule has 0 saturated heterocycles. The van der Waals surface area contributed by atoms with E-state index in [4.69, 9.17) is 0 Å². The van der Waals surface area contributed by atoms with Gasteiger partial charge in [-0.15, -0.1) is 0 Å². The van der Waals surface area contributed by atoms with E-state index >= 15 is 0 Å². The first-order valence-electron chi connectivity index (χ1n) is 7.63. The van der Waals surface area contributed by atoms with Crippen molar-refractivity contribution in [2.45, 2.75) is 52.6 Å². The zero-order chi connectivity index (χ0) is 16.5. The van der Waals surface area contributed by atoms with Crippen LogP contribution in [0.3, 0.4) is 0 Å². The number of carbonyl (C=O) groups is 2. The van der Waals surface area contributed by atoms with Gasteiger partial charge in [0, 0.05) is 17.9 Å². The van der Waals surface area contributed by atoms with Crippen molar-refractivity contribution in [1.82, 2.24) is 20.2 Å². The maximum atomic E-state index is 12.5. The second-order valence-corrected chi connectivity index (χ2v) is 5.23. The van der Waals surface area contributed by atoms with E-state index in [0.717, 1.165) is 30.8 Å². The number of carbonyl (C=O) groups excluding carboxylic acids is 2. The van der Waals surface area contributed by atoms with Gasteiger partial charge in [-0.05, 0) is 19.8 Å². The number of H-pyrrole nitrogens is 1. The molecule has 0 saturated carbocycles. The van der Waals surface area contributed by atoms with Gasteiger partial charge in [0.1, 0.15) is 12.4 Å². The van der Waals surface area contributed by atoms with Crippen LogP contribution in [0.2, 0.25) is 0 Å². The van der Waals surface area contributed by atoms with Gasteiger partial charge in [-0.25, -0.2) is 9.78 Å². The third-order valence-corrected chi connectivity index (χ3v) is 3.50. The van der Waals surface area contributed by atoms with Gasteiger partial charge in [0.2, 0.25) is 5.91 Å². The molecule has 1 atom stereocenters. The van der Waals surface area contributed by atoms with Crippen molar-refractivity contribution in [1.29, 1.82) is 0 Å². The molecule has 0 aliphatic rings. The fourth-order valence-electron chi connectivity index (χ4n) is 2.36. The number of aromatic amines is 1. The van der Waals surface area contributed by atoms with Crippen molar-refractivity contribution in [2.24, 2.45) is 0 Å². The van der Waals surface area contributed by atoms with Gasteiger partial charge in [0.25, 0.3) is 0 Å². The van der Waals surface area contributed by atoms with Gasteiger partial charge in [-0.3, -0.25) is 4.79 Å². The lowest BCUT2D eigenvalue weighted by Gasteiger charge is -2.30. The molecule has 0 spiro atoms. The molecule has 7 nitrogen and oxygen atoms in total. The highest BCUT2D eigenvalue weighted by molar-refractivity contribution is 5.82. The Bertz CT molecular complexity index is 487. The Kier molecular flexibility index (Phi) is 7.42. The summed E-state index contributed by atoms with van der Waals surface area (Å²) in [4.78, 5) is 32.8. The number of hydrogen-bond donors (Lipinski definition) is 2. The van der Waals surface area contributed by atoms with Gasteiger partial charge in [0.05, 0.1) is 13.7 Å². The maximum absolute atomic E-state index is 12.5. The van der Waals surface area contributed by atoms with E-state index in [9.17, 15) is 9.59 Å². The third-order valence-electron chi connectivity index (χ3n) is 3.50. The number of ether oxygens (including phenoxy) is 1. The van der Waals surface area contributed by atoms with Gasteiger partial charge >= 0.3 is 6.09 Å². The zero-order valence-corrected chi connectivity index (χ0v) is 13.8. The van der Waals surface area contributed by atoms with Crippen molar-refractivity contribution in [3.8, 4) is 0 Å². The summed E-state index contributed by atoms with van der Waals surface area (Å²) in [6.45, 7) is 6.40. The average molecular weight is 310 g/mol. The van der Waals surface area contributed by atoms with Crippen LogP contribution < -0.4 is 5.32 Å². The van der Waals surface area contributed by atoms with Gasteiger partial charge in [0.15, 0.2) is 0 Å². The van der Waals surface area contributed by atoms with E-state index < -0.39 is 6.09 Å². The molecule has 0 aromatic carbocycles. The number of rotatable bonds is 8. The molecule has 2 amide bonds. The molecule has 0 aliphatic heterocycles. The first kappa shape index (κ1) is 18.0. The van der Waals surface area contributed by atoms with Crippen LogP contribution in [0.4, 0.5) is 4.79 Å². The predicted molar refractivity (Wildman–Crippen MR) is 83.3 cm³/mol. The average Bonchev–Trinajstić information content (AvgIpc) is 2.93. The highest BCUT2D eigenvalue weighted by Gasteiger charge is 2.23. The number of alkyl carbamates (subject to hydrolysis) is 1. The first-order valence-corrected chi connectivity index (χ1v) is 7.63. The van der Waals surface area contributed by atoms with Crippen molar-refractivity contribution in [3.63, 3.8) is 0 Å². The van der Waals surface area contributed by atoms with Crippen LogP contribution >= 0.6 is 0 Å². The molecule has 2 N–H and O–H groups in total. The van der Waals surface area contributed by atoms with Crippen LogP contribution in [0.5, 0.6) is 0 Å². The van der Waals surface area contributed by atoms with Crippen molar-refractivity contribution in [2.75, 3.05) is 13.7 Å². The minimum atomic E-state index is -0.606. The van der Waals surface area contributed by atoms with Crippen LogP contribution in [0.1, 0.15) is 44.6 Å². The van der Waals surface area contributed by atoms with Crippen LogP contribution in [0, 0.1) is 6.92 Å². The molecule has 1 aromatic rings. The van der Waals surface area contributed by atoms with Crippen LogP contribution in [-0.2, 0) is 16.1 Å². The normalized spacial score (nSPS) is 11.8. The third kappa shape index (κ3) is 5.38. The van der Waals surface area contributed by atoms with E-state index in [0.29, 0.717) is 6.54 Å². The van der Waals surface area contributed by atoms with Crippen LogP contribution in [0.25, 0.3) is 0 Å². The Morgan fingerprint density at radius 1 is 1.45 bits per heavy atom. The minimum Gasteiger partial charge on any atom is -0.453 e. The molecule has 1 aromatic heterocycles. The molecule has 1 rings (SSSR count). The van der Waals surface area contributed by atoms with Crippen molar-refractivity contribution in [3.05, 3.63) is 17.7 Å². The number of nitrogens with zero attached hydrogens (tertiary/aromatic N) is 2. The largest absolute Gasteiger partial charge is 0.453 e. The summed E-state index contributed by atoms with van der Waals surface area (Å²) in [5.74, 6) is 0.609. The number of nitrogens with one attached hydrogen (secondary N) is 2. The Labute approximate surface area is 131 Å². The summed E-state index contributed by atoms with van der Waals surface area (Å²) in [6.07, 6.45) is 3.90. The second kappa shape index (κ2) is 9.07. The Hall–Kier alpha value is -2.05. The topological polar surface area (TPSA) is 87.3 Å². The van der Waals surface area contributed by atoms with Gasteiger partial charge in [-0.2, -0.15) is 0 Å². The highest BCUT2D eigenvalue weighted by atomic mass is 16.5. The van der Waals surface area contributed by atoms with E-state index in [1.54, 1.807) is 11.1 Å². The predicted octanol–water partition coefficient (Wildman–Crippen LogP) is 1.98. The molecular formula is C15H26N4O3. The first-order chi connectivity index (χ1) is 10.5.